The van der Waals surface area contributed by atoms with Gasteiger partial charge in [0.1, 0.15) is 0 Å². The summed E-state index contributed by atoms with van der Waals surface area (Å²) in [4.78, 5) is 2.34. The Morgan fingerprint density at radius 1 is 1.05 bits per heavy atom. The first kappa shape index (κ1) is 14.9. The predicted molar refractivity (Wildman–Crippen MR) is 87.5 cm³/mol. The Balaban J connectivity index is 1.69. The average Bonchev–Trinajstić information content (AvgIpc) is 2.54. The summed E-state index contributed by atoms with van der Waals surface area (Å²) >= 11 is 0. The Labute approximate surface area is 131 Å². The molecule has 1 aliphatic heterocycles. The highest BCUT2D eigenvalue weighted by atomic mass is 32.2. The fourth-order valence-electron chi connectivity index (χ4n) is 2.60. The summed E-state index contributed by atoms with van der Waals surface area (Å²) in [6.45, 7) is 2.81. The minimum Gasteiger partial charge on any atom is -0.382 e. The zero-order valence-corrected chi connectivity index (χ0v) is 13.0. The van der Waals surface area contributed by atoms with E-state index < -0.39 is 11.0 Å². The number of thiol groups is 1. The monoisotopic (exact) mass is 318 g/mol. The third kappa shape index (κ3) is 3.58. The minimum absolute atomic E-state index is 0.0927. The fraction of sp³-hybridized carbons (Fsp3) is 0.250. The molecule has 0 aromatic heterocycles. The maximum absolute atomic E-state index is 10.4. The molecule has 0 atom stereocenters. The van der Waals surface area contributed by atoms with Gasteiger partial charge in [-0.15, -0.1) is 0 Å². The molecule has 5 nitrogen and oxygen atoms in total. The van der Waals surface area contributed by atoms with Gasteiger partial charge in [0.05, 0.1) is 18.0 Å². The van der Waals surface area contributed by atoms with Crippen molar-refractivity contribution in [3.05, 3.63) is 59.7 Å². The van der Waals surface area contributed by atoms with Gasteiger partial charge in [-0.2, -0.15) is 0 Å². The molecule has 0 saturated heterocycles. The van der Waals surface area contributed by atoms with Crippen molar-refractivity contribution in [2.45, 2.75) is 13.2 Å². The van der Waals surface area contributed by atoms with E-state index in [0.717, 1.165) is 30.9 Å². The number of para-hydroxylation sites is 2. The molecule has 22 heavy (non-hydrogen) atoms. The Kier molecular flexibility index (Phi) is 4.60. The van der Waals surface area contributed by atoms with Crippen LogP contribution in [0.1, 0.15) is 11.1 Å². The lowest BCUT2D eigenvalue weighted by Gasteiger charge is -2.32. The van der Waals surface area contributed by atoms with Gasteiger partial charge in [-0.05, 0) is 23.3 Å². The average molecular weight is 318 g/mol. The van der Waals surface area contributed by atoms with E-state index in [1.54, 1.807) is 0 Å². The highest BCUT2D eigenvalue weighted by molar-refractivity contribution is 7.67. The van der Waals surface area contributed by atoms with Gasteiger partial charge in [-0.25, -0.2) is 8.42 Å². The van der Waals surface area contributed by atoms with E-state index in [2.05, 4.69) is 26.5 Å². The van der Waals surface area contributed by atoms with Crippen molar-refractivity contribution >= 4 is 22.4 Å². The van der Waals surface area contributed by atoms with Gasteiger partial charge < -0.3 is 10.2 Å². The molecule has 2 aromatic rings. The van der Waals surface area contributed by atoms with Crippen LogP contribution in [-0.4, -0.2) is 21.5 Å². The van der Waals surface area contributed by atoms with E-state index in [-0.39, 0.29) is 6.61 Å². The van der Waals surface area contributed by atoms with Crippen molar-refractivity contribution < 1.29 is 12.6 Å². The summed E-state index contributed by atoms with van der Waals surface area (Å²) in [5.74, 6) is 0. The predicted octanol–water partition coefficient (Wildman–Crippen LogP) is 2.16. The summed E-state index contributed by atoms with van der Waals surface area (Å²) in [6.07, 6.45) is 0. The number of hydrogen-bond acceptors (Lipinski definition) is 5. The van der Waals surface area contributed by atoms with Gasteiger partial charge in [0, 0.05) is 19.6 Å². The number of rotatable bonds is 5. The first-order valence-electron chi connectivity index (χ1n) is 7.15. The molecule has 116 valence electrons. The van der Waals surface area contributed by atoms with Crippen LogP contribution in [0.15, 0.2) is 48.5 Å². The molecule has 1 aliphatic rings. The lowest BCUT2D eigenvalue weighted by atomic mass is 10.1. The van der Waals surface area contributed by atoms with Crippen LogP contribution in [-0.2, 0) is 28.3 Å². The maximum Gasteiger partial charge on any atom is 0.257 e. The van der Waals surface area contributed by atoms with Crippen molar-refractivity contribution in [1.82, 2.24) is 0 Å². The molecule has 0 aliphatic carbocycles. The first-order chi connectivity index (χ1) is 10.7. The number of nitrogens with zero attached hydrogens (tertiary/aromatic N) is 1. The van der Waals surface area contributed by atoms with Crippen molar-refractivity contribution in [3.8, 4) is 0 Å². The van der Waals surface area contributed by atoms with Crippen molar-refractivity contribution in [2.75, 3.05) is 23.3 Å². The van der Waals surface area contributed by atoms with Crippen LogP contribution >= 0.6 is 0 Å². The highest BCUT2D eigenvalue weighted by Crippen LogP contribution is 2.29. The SMILES string of the molecule is O=[SH](=O)OCc1ccc(CN2CCNc3ccccc32)cc1. The van der Waals surface area contributed by atoms with Gasteiger partial charge in [0.2, 0.25) is 0 Å². The molecular formula is C16H18N2O3S. The number of nitrogens with one attached hydrogen (secondary N) is 1. The summed E-state index contributed by atoms with van der Waals surface area (Å²) in [6, 6.07) is 16.1. The highest BCUT2D eigenvalue weighted by Gasteiger charge is 2.15. The lowest BCUT2D eigenvalue weighted by Crippen LogP contribution is -2.33. The molecular weight excluding hydrogens is 300 g/mol. The van der Waals surface area contributed by atoms with E-state index in [0.29, 0.717) is 0 Å². The molecule has 0 fully saturated rings. The van der Waals surface area contributed by atoms with Crippen LogP contribution in [0.4, 0.5) is 11.4 Å². The van der Waals surface area contributed by atoms with E-state index >= 15 is 0 Å². The van der Waals surface area contributed by atoms with Crippen LogP contribution in [0.5, 0.6) is 0 Å². The van der Waals surface area contributed by atoms with Crippen LogP contribution in [0.2, 0.25) is 0 Å². The Bertz CT molecular complexity index is 706. The second kappa shape index (κ2) is 6.81. The zero-order chi connectivity index (χ0) is 15.4. The Morgan fingerprint density at radius 3 is 2.55 bits per heavy atom. The van der Waals surface area contributed by atoms with Crippen molar-refractivity contribution in [2.24, 2.45) is 0 Å². The molecule has 0 unspecified atom stereocenters. The summed E-state index contributed by atoms with van der Waals surface area (Å²) in [7, 11) is -2.79. The quantitative estimate of drug-likeness (QED) is 0.828. The zero-order valence-electron chi connectivity index (χ0n) is 12.1. The van der Waals surface area contributed by atoms with E-state index in [9.17, 15) is 8.42 Å². The van der Waals surface area contributed by atoms with Gasteiger partial charge in [-0.3, -0.25) is 4.18 Å². The minimum atomic E-state index is -2.79. The van der Waals surface area contributed by atoms with E-state index in [1.807, 2.05) is 36.4 Å². The lowest BCUT2D eigenvalue weighted by molar-refractivity contribution is 0.323. The summed E-state index contributed by atoms with van der Waals surface area (Å²) in [5, 5.41) is 3.40. The van der Waals surface area contributed by atoms with Gasteiger partial charge in [0.25, 0.3) is 11.0 Å². The normalized spacial score (nSPS) is 13.8. The molecule has 0 radical (unpaired) electrons. The van der Waals surface area contributed by atoms with Gasteiger partial charge >= 0.3 is 0 Å². The molecule has 2 aromatic carbocycles. The molecule has 0 spiro atoms. The number of hydrogen-bond donors (Lipinski definition) is 2. The molecule has 0 amide bonds. The fourth-order valence-corrected chi connectivity index (χ4v) is 2.85. The van der Waals surface area contributed by atoms with Gasteiger partial charge in [-0.1, -0.05) is 36.4 Å². The second-order valence-corrected chi connectivity index (χ2v) is 5.88. The van der Waals surface area contributed by atoms with E-state index in [4.69, 9.17) is 0 Å². The molecule has 3 rings (SSSR count). The maximum atomic E-state index is 10.4. The van der Waals surface area contributed by atoms with Crippen LogP contribution in [0, 0.1) is 0 Å². The Hall–Kier alpha value is -2.05. The molecule has 6 heteroatoms. The summed E-state index contributed by atoms with van der Waals surface area (Å²) < 4.78 is 25.4. The molecule has 1 N–H and O–H groups in total. The molecule has 1 heterocycles. The third-order valence-electron chi connectivity index (χ3n) is 3.67. The number of anilines is 2. The second-order valence-electron chi connectivity index (χ2n) is 5.18. The van der Waals surface area contributed by atoms with E-state index in [1.165, 1.54) is 11.3 Å². The first-order valence-corrected chi connectivity index (χ1v) is 8.25. The standard InChI is InChI=1S/C16H18N2O3S/c19-22(20)21-12-14-7-5-13(6-8-14)11-18-10-9-17-15-3-1-2-4-16(15)18/h1-8,17,22H,9-12H2. The summed E-state index contributed by atoms with van der Waals surface area (Å²) in [5.41, 5.74) is 4.41. The van der Waals surface area contributed by atoms with Crippen LogP contribution < -0.4 is 10.2 Å². The van der Waals surface area contributed by atoms with Crippen molar-refractivity contribution in [1.29, 1.82) is 0 Å². The third-order valence-corrected chi connectivity index (χ3v) is 4.01. The van der Waals surface area contributed by atoms with Gasteiger partial charge in [0.15, 0.2) is 0 Å². The largest absolute Gasteiger partial charge is 0.382 e. The Morgan fingerprint density at radius 2 is 1.77 bits per heavy atom. The molecule has 0 bridgehead atoms. The smallest absolute Gasteiger partial charge is 0.257 e. The topological polar surface area (TPSA) is 58.6 Å². The molecule has 0 saturated carbocycles. The van der Waals surface area contributed by atoms with Crippen molar-refractivity contribution in [3.63, 3.8) is 0 Å². The van der Waals surface area contributed by atoms with Crippen LogP contribution in [0.25, 0.3) is 0 Å². The van der Waals surface area contributed by atoms with Crippen LogP contribution in [0.3, 0.4) is 0 Å². The number of benzene rings is 2. The number of fused-ring (bicyclic) bond motifs is 1.